The van der Waals surface area contributed by atoms with Gasteiger partial charge in [-0.25, -0.2) is 0 Å². The number of likely N-dealkylation sites (tertiary alicyclic amines) is 1. The third-order valence-corrected chi connectivity index (χ3v) is 4.47. The standard InChI is InChI=1S/C14H27N3O2/c1-16(13-4-10-19-11-5-13)14(18)12-2-7-17(8-3-12)9-6-15/h12-13H,2-11,15H2,1H3. The molecule has 2 heterocycles. The number of nitrogens with two attached hydrogens (primary N) is 1. The van der Waals surface area contributed by atoms with Gasteiger partial charge in [0.05, 0.1) is 0 Å². The van der Waals surface area contributed by atoms with E-state index in [1.54, 1.807) is 0 Å². The summed E-state index contributed by atoms with van der Waals surface area (Å²) in [5, 5.41) is 0. The number of ether oxygens (including phenoxy) is 1. The summed E-state index contributed by atoms with van der Waals surface area (Å²) in [5.41, 5.74) is 5.57. The van der Waals surface area contributed by atoms with Crippen LogP contribution in [0, 0.1) is 5.92 Å². The third kappa shape index (κ3) is 3.91. The minimum Gasteiger partial charge on any atom is -0.381 e. The quantitative estimate of drug-likeness (QED) is 0.797. The largest absolute Gasteiger partial charge is 0.381 e. The summed E-state index contributed by atoms with van der Waals surface area (Å²) >= 11 is 0. The number of hydrogen-bond donors (Lipinski definition) is 1. The van der Waals surface area contributed by atoms with E-state index >= 15 is 0 Å². The van der Waals surface area contributed by atoms with Crippen molar-refractivity contribution >= 4 is 5.91 Å². The highest BCUT2D eigenvalue weighted by Crippen LogP contribution is 2.22. The van der Waals surface area contributed by atoms with Crippen LogP contribution in [0.5, 0.6) is 0 Å². The Kier molecular flexibility index (Phi) is 5.60. The Morgan fingerprint density at radius 1 is 1.26 bits per heavy atom. The van der Waals surface area contributed by atoms with Crippen molar-refractivity contribution in [3.8, 4) is 0 Å². The Balaban J connectivity index is 1.79. The molecule has 0 saturated carbocycles. The summed E-state index contributed by atoms with van der Waals surface area (Å²) in [6.45, 7) is 5.26. The normalized spacial score (nSPS) is 23.5. The fourth-order valence-electron chi connectivity index (χ4n) is 3.13. The SMILES string of the molecule is CN(C(=O)C1CCN(CCN)CC1)C1CCOCC1. The van der Waals surface area contributed by atoms with Gasteiger partial charge in [-0.2, -0.15) is 0 Å². The summed E-state index contributed by atoms with van der Waals surface area (Å²) in [6.07, 6.45) is 3.92. The molecule has 2 aliphatic heterocycles. The average molecular weight is 269 g/mol. The molecule has 2 fully saturated rings. The molecule has 0 aromatic heterocycles. The molecular weight excluding hydrogens is 242 g/mol. The Labute approximate surface area is 116 Å². The smallest absolute Gasteiger partial charge is 0.225 e. The first-order valence-electron chi connectivity index (χ1n) is 7.49. The Hall–Kier alpha value is -0.650. The molecule has 0 spiro atoms. The van der Waals surface area contributed by atoms with Gasteiger partial charge in [0, 0.05) is 45.3 Å². The molecule has 2 saturated heterocycles. The van der Waals surface area contributed by atoms with Crippen LogP contribution in [0.3, 0.4) is 0 Å². The lowest BCUT2D eigenvalue weighted by molar-refractivity contribution is -0.139. The van der Waals surface area contributed by atoms with Gasteiger partial charge in [-0.3, -0.25) is 4.79 Å². The molecule has 2 aliphatic rings. The van der Waals surface area contributed by atoms with Crippen molar-refractivity contribution < 1.29 is 9.53 Å². The van der Waals surface area contributed by atoms with E-state index in [9.17, 15) is 4.79 Å². The van der Waals surface area contributed by atoms with Gasteiger partial charge >= 0.3 is 0 Å². The number of rotatable bonds is 4. The zero-order valence-corrected chi connectivity index (χ0v) is 12.0. The Morgan fingerprint density at radius 3 is 2.47 bits per heavy atom. The molecule has 0 radical (unpaired) electrons. The molecular formula is C14H27N3O2. The molecule has 19 heavy (non-hydrogen) atoms. The van der Waals surface area contributed by atoms with Crippen molar-refractivity contribution in [2.75, 3.05) is 46.4 Å². The van der Waals surface area contributed by atoms with Crippen molar-refractivity contribution in [3.63, 3.8) is 0 Å². The van der Waals surface area contributed by atoms with Crippen molar-refractivity contribution in [1.29, 1.82) is 0 Å². The highest BCUT2D eigenvalue weighted by atomic mass is 16.5. The molecule has 5 heteroatoms. The second-order valence-electron chi connectivity index (χ2n) is 5.70. The lowest BCUT2D eigenvalue weighted by Gasteiger charge is -2.36. The number of hydrogen-bond acceptors (Lipinski definition) is 4. The highest BCUT2D eigenvalue weighted by molar-refractivity contribution is 5.79. The number of carbonyl (C=O) groups excluding carboxylic acids is 1. The summed E-state index contributed by atoms with van der Waals surface area (Å²) in [6, 6.07) is 0.378. The maximum absolute atomic E-state index is 12.5. The summed E-state index contributed by atoms with van der Waals surface area (Å²) in [5.74, 6) is 0.543. The van der Waals surface area contributed by atoms with Gasteiger partial charge in [-0.1, -0.05) is 0 Å². The first-order chi connectivity index (χ1) is 9.22. The number of carbonyl (C=O) groups is 1. The molecule has 110 valence electrons. The van der Waals surface area contributed by atoms with Crippen molar-refractivity contribution in [2.24, 2.45) is 11.7 Å². The van der Waals surface area contributed by atoms with Gasteiger partial charge in [0.25, 0.3) is 0 Å². The first-order valence-corrected chi connectivity index (χ1v) is 7.49. The molecule has 2 rings (SSSR count). The topological polar surface area (TPSA) is 58.8 Å². The number of piperidine rings is 1. The molecule has 0 unspecified atom stereocenters. The van der Waals surface area contributed by atoms with Crippen molar-refractivity contribution in [3.05, 3.63) is 0 Å². The van der Waals surface area contributed by atoms with Crippen LogP contribution < -0.4 is 5.73 Å². The van der Waals surface area contributed by atoms with E-state index < -0.39 is 0 Å². The van der Waals surface area contributed by atoms with Crippen LogP contribution in [-0.2, 0) is 9.53 Å². The van der Waals surface area contributed by atoms with E-state index in [2.05, 4.69) is 4.90 Å². The van der Waals surface area contributed by atoms with Crippen LogP contribution in [0.1, 0.15) is 25.7 Å². The van der Waals surface area contributed by atoms with E-state index in [0.717, 1.165) is 58.5 Å². The fraction of sp³-hybridized carbons (Fsp3) is 0.929. The molecule has 0 aromatic carbocycles. The first kappa shape index (κ1) is 14.8. The Bertz CT molecular complexity index is 284. The molecule has 0 bridgehead atoms. The Morgan fingerprint density at radius 2 is 1.89 bits per heavy atom. The molecule has 0 aromatic rings. The van der Waals surface area contributed by atoms with Crippen LogP contribution in [0.4, 0.5) is 0 Å². The lowest BCUT2D eigenvalue weighted by Crippen LogP contribution is -2.47. The predicted molar refractivity (Wildman–Crippen MR) is 74.8 cm³/mol. The molecule has 2 N–H and O–H groups in total. The average Bonchev–Trinajstić information content (AvgIpc) is 2.48. The van der Waals surface area contributed by atoms with E-state index in [-0.39, 0.29) is 5.92 Å². The molecule has 1 amide bonds. The van der Waals surface area contributed by atoms with Gasteiger partial charge in [-0.05, 0) is 38.8 Å². The zero-order valence-electron chi connectivity index (χ0n) is 12.0. The fourth-order valence-corrected chi connectivity index (χ4v) is 3.13. The molecule has 0 aliphatic carbocycles. The number of amides is 1. The van der Waals surface area contributed by atoms with E-state index in [0.29, 0.717) is 18.5 Å². The number of nitrogens with zero attached hydrogens (tertiary/aromatic N) is 2. The second-order valence-corrected chi connectivity index (χ2v) is 5.70. The third-order valence-electron chi connectivity index (χ3n) is 4.47. The molecule has 0 atom stereocenters. The van der Waals surface area contributed by atoms with Crippen molar-refractivity contribution in [1.82, 2.24) is 9.80 Å². The summed E-state index contributed by atoms with van der Waals surface area (Å²) in [7, 11) is 1.96. The van der Waals surface area contributed by atoms with Gasteiger partial charge in [0.2, 0.25) is 5.91 Å². The van der Waals surface area contributed by atoms with Gasteiger partial charge < -0.3 is 20.3 Å². The van der Waals surface area contributed by atoms with Gasteiger partial charge in [-0.15, -0.1) is 0 Å². The van der Waals surface area contributed by atoms with E-state index in [4.69, 9.17) is 10.5 Å². The van der Waals surface area contributed by atoms with E-state index in [1.165, 1.54) is 0 Å². The lowest BCUT2D eigenvalue weighted by atomic mass is 9.94. The maximum Gasteiger partial charge on any atom is 0.225 e. The van der Waals surface area contributed by atoms with Crippen molar-refractivity contribution in [2.45, 2.75) is 31.7 Å². The van der Waals surface area contributed by atoms with Gasteiger partial charge in [0.15, 0.2) is 0 Å². The maximum atomic E-state index is 12.5. The van der Waals surface area contributed by atoms with Crippen LogP contribution >= 0.6 is 0 Å². The zero-order chi connectivity index (χ0) is 13.7. The van der Waals surface area contributed by atoms with Crippen LogP contribution in [0.15, 0.2) is 0 Å². The second kappa shape index (κ2) is 7.22. The molecule has 5 nitrogen and oxygen atoms in total. The van der Waals surface area contributed by atoms with Crippen LogP contribution in [0.25, 0.3) is 0 Å². The van der Waals surface area contributed by atoms with E-state index in [1.807, 2.05) is 11.9 Å². The highest BCUT2D eigenvalue weighted by Gasteiger charge is 2.30. The minimum absolute atomic E-state index is 0.210. The minimum atomic E-state index is 0.210. The monoisotopic (exact) mass is 269 g/mol. The van der Waals surface area contributed by atoms with Gasteiger partial charge in [0.1, 0.15) is 0 Å². The summed E-state index contributed by atoms with van der Waals surface area (Å²) in [4.78, 5) is 16.8. The summed E-state index contributed by atoms with van der Waals surface area (Å²) < 4.78 is 5.36. The van der Waals surface area contributed by atoms with Crippen LogP contribution in [0.2, 0.25) is 0 Å². The predicted octanol–water partition coefficient (Wildman–Crippen LogP) is 0.295. The van der Waals surface area contributed by atoms with Crippen LogP contribution in [-0.4, -0.2) is 68.2 Å².